The monoisotopic (exact) mass is 382 g/mol. The molecule has 0 saturated carbocycles. The molecule has 0 aliphatic carbocycles. The van der Waals surface area contributed by atoms with Crippen LogP contribution in [-0.4, -0.2) is 57.5 Å². The quantitative estimate of drug-likeness (QED) is 0.731. The predicted molar refractivity (Wildman–Crippen MR) is 89.8 cm³/mol. The van der Waals surface area contributed by atoms with E-state index in [1.807, 2.05) is 6.07 Å². The maximum absolute atomic E-state index is 12.6. The molecule has 1 atom stereocenters. The number of aromatic hydroxyl groups is 1. The summed E-state index contributed by atoms with van der Waals surface area (Å²) < 4.78 is 36.5. The van der Waals surface area contributed by atoms with E-state index in [0.717, 1.165) is 5.56 Å². The first kappa shape index (κ1) is 17.1. The van der Waals surface area contributed by atoms with Gasteiger partial charge in [-0.3, -0.25) is 4.90 Å². The Morgan fingerprint density at radius 3 is 2.81 bits per heavy atom. The molecule has 0 radical (unpaired) electrons. The van der Waals surface area contributed by atoms with Crippen LogP contribution in [0.5, 0.6) is 11.6 Å². The van der Waals surface area contributed by atoms with Crippen molar-refractivity contribution in [2.24, 2.45) is 0 Å². The summed E-state index contributed by atoms with van der Waals surface area (Å²) in [6.45, 7) is -0.471. The van der Waals surface area contributed by atoms with Crippen LogP contribution in [0.4, 0.5) is 8.78 Å². The Balaban J connectivity index is 1.78. The number of rotatable bonds is 5. The van der Waals surface area contributed by atoms with Gasteiger partial charge in [0.2, 0.25) is 10.8 Å². The van der Waals surface area contributed by atoms with Crippen molar-refractivity contribution in [2.45, 2.75) is 12.7 Å². The highest BCUT2D eigenvalue weighted by atomic mass is 32.1. The van der Waals surface area contributed by atoms with Crippen LogP contribution in [-0.2, 0) is 4.74 Å². The van der Waals surface area contributed by atoms with Gasteiger partial charge in [-0.2, -0.15) is 18.4 Å². The first-order chi connectivity index (χ1) is 12.6. The number of halogens is 2. The van der Waals surface area contributed by atoms with E-state index in [0.29, 0.717) is 36.1 Å². The van der Waals surface area contributed by atoms with Gasteiger partial charge in [-0.15, -0.1) is 0 Å². The Hall–Kier alpha value is -2.30. The van der Waals surface area contributed by atoms with Crippen molar-refractivity contribution in [1.82, 2.24) is 19.5 Å². The molecule has 1 saturated heterocycles. The molecule has 1 fully saturated rings. The molecule has 1 aromatic carbocycles. The van der Waals surface area contributed by atoms with Gasteiger partial charge in [-0.05, 0) is 17.7 Å². The number of fused-ring (bicyclic) bond motifs is 1. The van der Waals surface area contributed by atoms with Crippen LogP contribution in [0.2, 0.25) is 0 Å². The van der Waals surface area contributed by atoms with Crippen molar-refractivity contribution in [3.05, 3.63) is 41.0 Å². The van der Waals surface area contributed by atoms with Crippen LogP contribution < -0.4 is 4.74 Å². The third kappa shape index (κ3) is 3.22. The summed E-state index contributed by atoms with van der Waals surface area (Å²) in [6.07, 6.45) is 1.37. The molecule has 0 amide bonds. The number of hydrogen-bond acceptors (Lipinski definition) is 7. The molecule has 2 aromatic heterocycles. The zero-order valence-corrected chi connectivity index (χ0v) is 14.4. The Morgan fingerprint density at radius 1 is 1.27 bits per heavy atom. The van der Waals surface area contributed by atoms with Crippen LogP contribution >= 0.6 is 11.3 Å². The van der Waals surface area contributed by atoms with Crippen LogP contribution in [0.15, 0.2) is 30.6 Å². The lowest BCUT2D eigenvalue weighted by Crippen LogP contribution is -2.39. The minimum atomic E-state index is -2.89. The summed E-state index contributed by atoms with van der Waals surface area (Å²) in [5.41, 5.74) is 0.741. The van der Waals surface area contributed by atoms with Gasteiger partial charge in [0, 0.05) is 13.1 Å². The van der Waals surface area contributed by atoms with Gasteiger partial charge >= 0.3 is 6.61 Å². The molecule has 4 rings (SSSR count). The molecule has 1 aliphatic rings. The second kappa shape index (κ2) is 7.14. The van der Waals surface area contributed by atoms with E-state index in [1.54, 1.807) is 12.1 Å². The maximum atomic E-state index is 12.6. The minimum Gasteiger partial charge on any atom is -0.492 e. The number of alkyl halides is 2. The van der Waals surface area contributed by atoms with Gasteiger partial charge in [0.15, 0.2) is 0 Å². The van der Waals surface area contributed by atoms with E-state index < -0.39 is 6.61 Å². The molecule has 10 heteroatoms. The number of aromatic nitrogens is 3. The lowest BCUT2D eigenvalue weighted by Gasteiger charge is -2.34. The zero-order valence-electron chi connectivity index (χ0n) is 13.6. The lowest BCUT2D eigenvalue weighted by atomic mass is 10.0. The number of hydrogen-bond donors (Lipinski definition) is 1. The van der Waals surface area contributed by atoms with Gasteiger partial charge in [0.05, 0.1) is 24.1 Å². The molecular weight excluding hydrogens is 366 g/mol. The summed E-state index contributed by atoms with van der Waals surface area (Å²) in [6, 6.07) is 6.20. The Kier molecular flexibility index (Phi) is 4.70. The SMILES string of the molecule is Oc1c([C@@H](c2cccc(OC(F)F)c2)N2CCOCC2)sc2ncnn12. The Morgan fingerprint density at radius 2 is 2.08 bits per heavy atom. The molecule has 1 N–H and O–H groups in total. The number of benzene rings is 1. The largest absolute Gasteiger partial charge is 0.492 e. The molecule has 7 nitrogen and oxygen atoms in total. The third-order valence-electron chi connectivity index (χ3n) is 4.20. The van der Waals surface area contributed by atoms with Crippen molar-refractivity contribution >= 4 is 16.3 Å². The average Bonchev–Trinajstić information content (AvgIpc) is 3.20. The lowest BCUT2D eigenvalue weighted by molar-refractivity contribution is -0.0499. The highest BCUT2D eigenvalue weighted by Gasteiger charge is 2.30. The summed E-state index contributed by atoms with van der Waals surface area (Å²) >= 11 is 1.31. The topological polar surface area (TPSA) is 72.1 Å². The van der Waals surface area contributed by atoms with Crippen molar-refractivity contribution in [3.63, 3.8) is 0 Å². The molecule has 1 aliphatic heterocycles. The minimum absolute atomic E-state index is 0.000766. The van der Waals surface area contributed by atoms with Crippen LogP contribution in [0.3, 0.4) is 0 Å². The summed E-state index contributed by atoms with van der Waals surface area (Å²) in [5.74, 6) is 0.0777. The fraction of sp³-hybridized carbons (Fsp3) is 0.375. The van der Waals surface area contributed by atoms with Gasteiger partial charge < -0.3 is 14.6 Å². The molecule has 0 spiro atoms. The highest BCUT2D eigenvalue weighted by molar-refractivity contribution is 7.17. The maximum Gasteiger partial charge on any atom is 0.387 e. The third-order valence-corrected chi connectivity index (χ3v) is 5.28. The first-order valence-corrected chi connectivity index (χ1v) is 8.83. The Labute approximate surface area is 151 Å². The van der Waals surface area contributed by atoms with Crippen LogP contribution in [0, 0.1) is 0 Å². The fourth-order valence-electron chi connectivity index (χ4n) is 3.10. The van der Waals surface area contributed by atoms with Crippen molar-refractivity contribution in [3.8, 4) is 11.6 Å². The molecular formula is C16H16F2N4O3S. The van der Waals surface area contributed by atoms with E-state index in [2.05, 4.69) is 19.7 Å². The van der Waals surface area contributed by atoms with Crippen LogP contribution in [0.1, 0.15) is 16.5 Å². The van der Waals surface area contributed by atoms with E-state index in [-0.39, 0.29) is 17.7 Å². The summed E-state index contributed by atoms with van der Waals surface area (Å²) in [7, 11) is 0. The van der Waals surface area contributed by atoms with Crippen molar-refractivity contribution < 1.29 is 23.4 Å². The van der Waals surface area contributed by atoms with Gasteiger partial charge in [-0.25, -0.2) is 4.98 Å². The first-order valence-electron chi connectivity index (χ1n) is 8.01. The second-order valence-electron chi connectivity index (χ2n) is 5.75. The smallest absolute Gasteiger partial charge is 0.387 e. The zero-order chi connectivity index (χ0) is 18.1. The Bertz CT molecular complexity index is 895. The average molecular weight is 382 g/mol. The number of nitrogens with zero attached hydrogens (tertiary/aromatic N) is 4. The fourth-order valence-corrected chi connectivity index (χ4v) is 4.19. The van der Waals surface area contributed by atoms with E-state index in [1.165, 1.54) is 28.2 Å². The van der Waals surface area contributed by atoms with E-state index in [9.17, 15) is 13.9 Å². The molecule has 3 aromatic rings. The normalized spacial score (nSPS) is 17.0. The van der Waals surface area contributed by atoms with Gasteiger partial charge in [0.1, 0.15) is 12.1 Å². The summed E-state index contributed by atoms with van der Waals surface area (Å²) in [4.78, 5) is 7.47. The van der Waals surface area contributed by atoms with Crippen molar-refractivity contribution in [2.75, 3.05) is 26.3 Å². The van der Waals surface area contributed by atoms with E-state index in [4.69, 9.17) is 4.74 Å². The molecule has 3 heterocycles. The van der Waals surface area contributed by atoms with Crippen molar-refractivity contribution in [1.29, 1.82) is 0 Å². The van der Waals surface area contributed by atoms with Gasteiger partial charge in [0.25, 0.3) is 0 Å². The van der Waals surface area contributed by atoms with Crippen LogP contribution in [0.25, 0.3) is 4.96 Å². The highest BCUT2D eigenvalue weighted by Crippen LogP contribution is 2.40. The molecule has 0 unspecified atom stereocenters. The number of ether oxygens (including phenoxy) is 2. The van der Waals surface area contributed by atoms with E-state index >= 15 is 0 Å². The molecule has 0 bridgehead atoms. The number of morpholine rings is 1. The predicted octanol–water partition coefficient (Wildman–Crippen LogP) is 2.52. The van der Waals surface area contributed by atoms with Gasteiger partial charge in [-0.1, -0.05) is 23.5 Å². The molecule has 138 valence electrons. The second-order valence-corrected chi connectivity index (χ2v) is 6.76. The number of thiazole rings is 1. The summed E-state index contributed by atoms with van der Waals surface area (Å²) in [5, 5.41) is 14.6. The molecule has 26 heavy (non-hydrogen) atoms. The standard InChI is InChI=1S/C16H16F2N4O3S/c17-15(18)25-11-3-1-2-10(8-11)12(21-4-6-24-7-5-21)13-14(23)22-16(26-13)19-9-20-22/h1-3,8-9,12,15,23H,4-7H2/t12-/m1/s1.